The zero-order valence-corrected chi connectivity index (χ0v) is 15.4. The molecule has 1 fully saturated rings. The predicted molar refractivity (Wildman–Crippen MR) is 96.4 cm³/mol. The molecule has 0 atom stereocenters. The largest absolute Gasteiger partial charge is 0.424 e. The van der Waals surface area contributed by atoms with Gasteiger partial charge in [-0.3, -0.25) is 9.69 Å². The fourth-order valence-corrected chi connectivity index (χ4v) is 3.46. The lowest BCUT2D eigenvalue weighted by molar-refractivity contribution is 0.0827. The molecule has 1 saturated heterocycles. The Balaban J connectivity index is 1.52. The monoisotopic (exact) mass is 341 g/mol. The fraction of sp³-hybridized carbons (Fsp3) is 0.550. The van der Waals surface area contributed by atoms with Crippen molar-refractivity contribution >= 4 is 5.78 Å². The second-order valence-corrected chi connectivity index (χ2v) is 7.42. The van der Waals surface area contributed by atoms with Crippen LogP contribution >= 0.6 is 0 Å². The number of aromatic nitrogens is 2. The van der Waals surface area contributed by atoms with Crippen molar-refractivity contribution in [1.29, 1.82) is 0 Å². The summed E-state index contributed by atoms with van der Waals surface area (Å²) in [4.78, 5) is 15.0. The third-order valence-electron chi connectivity index (χ3n) is 4.77. The first-order chi connectivity index (χ1) is 12.0. The first-order valence-electron chi connectivity index (χ1n) is 9.15. The number of likely N-dealkylation sites (tertiary alicyclic amines) is 1. The van der Waals surface area contributed by atoms with Crippen LogP contribution in [0.15, 0.2) is 28.7 Å². The van der Waals surface area contributed by atoms with Crippen molar-refractivity contribution in [3.8, 4) is 0 Å². The molecule has 5 heteroatoms. The van der Waals surface area contributed by atoms with Crippen LogP contribution in [-0.4, -0.2) is 34.0 Å². The smallest absolute Gasteiger partial charge is 0.230 e. The Hall–Kier alpha value is -2.01. The van der Waals surface area contributed by atoms with Gasteiger partial charge in [0, 0.05) is 18.4 Å². The molecule has 0 radical (unpaired) electrons. The van der Waals surface area contributed by atoms with Gasteiger partial charge in [0.05, 0.1) is 6.54 Å². The van der Waals surface area contributed by atoms with Crippen LogP contribution in [0.25, 0.3) is 0 Å². The Morgan fingerprint density at radius 2 is 1.88 bits per heavy atom. The molecular formula is C20H27N3O2. The van der Waals surface area contributed by atoms with Gasteiger partial charge in [-0.15, -0.1) is 10.2 Å². The van der Waals surface area contributed by atoms with Crippen LogP contribution in [0.4, 0.5) is 0 Å². The van der Waals surface area contributed by atoms with Crippen LogP contribution in [0.5, 0.6) is 0 Å². The number of Topliss-reactive ketones (excluding diaryl/α,β-unsaturated/α-hetero) is 1. The summed E-state index contributed by atoms with van der Waals surface area (Å²) >= 11 is 0. The summed E-state index contributed by atoms with van der Waals surface area (Å²) in [5.74, 6) is 2.29. The SMILES string of the molecule is Cc1nnc(CN2CCC(C(=O)c3ccc(CC(C)C)cc3)CC2)o1. The highest BCUT2D eigenvalue weighted by molar-refractivity contribution is 5.97. The Morgan fingerprint density at radius 3 is 2.44 bits per heavy atom. The third kappa shape index (κ3) is 4.75. The lowest BCUT2D eigenvalue weighted by atomic mass is 9.88. The van der Waals surface area contributed by atoms with E-state index < -0.39 is 0 Å². The lowest BCUT2D eigenvalue weighted by Crippen LogP contribution is -2.36. The lowest BCUT2D eigenvalue weighted by Gasteiger charge is -2.30. The van der Waals surface area contributed by atoms with Gasteiger partial charge < -0.3 is 4.42 Å². The average Bonchev–Trinajstić information content (AvgIpc) is 3.00. The van der Waals surface area contributed by atoms with E-state index in [1.807, 2.05) is 12.1 Å². The van der Waals surface area contributed by atoms with Crippen molar-refractivity contribution in [2.24, 2.45) is 11.8 Å². The minimum Gasteiger partial charge on any atom is -0.424 e. The number of ketones is 1. The minimum absolute atomic E-state index is 0.122. The van der Waals surface area contributed by atoms with Gasteiger partial charge in [0.25, 0.3) is 0 Å². The molecule has 0 amide bonds. The van der Waals surface area contributed by atoms with Crippen LogP contribution in [-0.2, 0) is 13.0 Å². The van der Waals surface area contributed by atoms with Gasteiger partial charge >= 0.3 is 0 Å². The highest BCUT2D eigenvalue weighted by atomic mass is 16.4. The molecule has 3 rings (SSSR count). The summed E-state index contributed by atoms with van der Waals surface area (Å²) in [6, 6.07) is 8.18. The van der Waals surface area contributed by atoms with E-state index in [1.54, 1.807) is 6.92 Å². The average molecular weight is 341 g/mol. The maximum Gasteiger partial charge on any atom is 0.230 e. The molecule has 0 saturated carbocycles. The van der Waals surface area contributed by atoms with E-state index in [1.165, 1.54) is 5.56 Å². The molecule has 2 heterocycles. The second-order valence-electron chi connectivity index (χ2n) is 7.42. The third-order valence-corrected chi connectivity index (χ3v) is 4.77. The molecule has 1 aromatic heterocycles. The van der Waals surface area contributed by atoms with Crippen molar-refractivity contribution in [2.45, 2.75) is 46.6 Å². The van der Waals surface area contributed by atoms with Gasteiger partial charge in [0.2, 0.25) is 11.8 Å². The van der Waals surface area contributed by atoms with E-state index >= 15 is 0 Å². The quantitative estimate of drug-likeness (QED) is 0.750. The molecule has 1 aliphatic heterocycles. The molecule has 25 heavy (non-hydrogen) atoms. The Morgan fingerprint density at radius 1 is 1.20 bits per heavy atom. The van der Waals surface area contributed by atoms with Crippen LogP contribution in [0.3, 0.4) is 0 Å². The zero-order valence-electron chi connectivity index (χ0n) is 15.4. The Labute approximate surface area is 149 Å². The molecule has 0 unspecified atom stereocenters. The summed E-state index contributed by atoms with van der Waals surface area (Å²) in [6.45, 7) is 8.68. The van der Waals surface area contributed by atoms with Crippen molar-refractivity contribution in [2.75, 3.05) is 13.1 Å². The zero-order chi connectivity index (χ0) is 17.8. The maximum absolute atomic E-state index is 12.7. The number of nitrogens with zero attached hydrogens (tertiary/aromatic N) is 3. The van der Waals surface area contributed by atoms with Crippen LogP contribution < -0.4 is 0 Å². The topological polar surface area (TPSA) is 59.2 Å². The van der Waals surface area contributed by atoms with Crippen molar-refractivity contribution < 1.29 is 9.21 Å². The number of hydrogen-bond donors (Lipinski definition) is 0. The van der Waals surface area contributed by atoms with E-state index in [9.17, 15) is 4.79 Å². The molecule has 0 N–H and O–H groups in total. The van der Waals surface area contributed by atoms with Gasteiger partial charge in [0.15, 0.2) is 5.78 Å². The number of benzene rings is 1. The highest BCUT2D eigenvalue weighted by Crippen LogP contribution is 2.23. The molecule has 134 valence electrons. The van der Waals surface area contributed by atoms with Gasteiger partial charge in [-0.25, -0.2) is 0 Å². The highest BCUT2D eigenvalue weighted by Gasteiger charge is 2.26. The fourth-order valence-electron chi connectivity index (χ4n) is 3.46. The van der Waals surface area contributed by atoms with Crippen LogP contribution in [0.1, 0.15) is 54.4 Å². The molecule has 2 aromatic rings. The normalized spacial score (nSPS) is 16.5. The predicted octanol–water partition coefficient (Wildman–Crippen LogP) is 3.67. The summed E-state index contributed by atoms with van der Waals surface area (Å²) in [7, 11) is 0. The van der Waals surface area contributed by atoms with E-state index in [4.69, 9.17) is 4.42 Å². The number of aryl methyl sites for hydroxylation is 1. The second kappa shape index (κ2) is 7.91. The standard InChI is InChI=1S/C20H27N3O2/c1-14(2)12-16-4-6-17(7-5-16)20(24)18-8-10-23(11-9-18)13-19-22-21-15(3)25-19/h4-7,14,18H,8-13H2,1-3H3. The minimum atomic E-state index is 0.122. The number of piperidine rings is 1. The molecule has 0 aliphatic carbocycles. The van der Waals surface area contributed by atoms with Gasteiger partial charge in [-0.05, 0) is 43.8 Å². The van der Waals surface area contributed by atoms with Gasteiger partial charge in [-0.2, -0.15) is 0 Å². The summed E-state index contributed by atoms with van der Waals surface area (Å²) in [5.41, 5.74) is 2.15. The van der Waals surface area contributed by atoms with E-state index in [0.717, 1.165) is 37.9 Å². The van der Waals surface area contributed by atoms with Crippen molar-refractivity contribution in [1.82, 2.24) is 15.1 Å². The Bertz CT molecular complexity index is 698. The molecule has 1 aromatic carbocycles. The molecule has 5 nitrogen and oxygen atoms in total. The maximum atomic E-state index is 12.7. The first-order valence-corrected chi connectivity index (χ1v) is 9.15. The van der Waals surface area contributed by atoms with E-state index in [0.29, 0.717) is 24.2 Å². The summed E-state index contributed by atoms with van der Waals surface area (Å²) in [5, 5.41) is 7.91. The van der Waals surface area contributed by atoms with E-state index in [2.05, 4.69) is 41.1 Å². The van der Waals surface area contributed by atoms with Crippen molar-refractivity contribution in [3.05, 3.63) is 47.2 Å². The molecule has 0 bridgehead atoms. The van der Waals surface area contributed by atoms with Crippen LogP contribution in [0, 0.1) is 18.8 Å². The van der Waals surface area contributed by atoms with Crippen molar-refractivity contribution in [3.63, 3.8) is 0 Å². The number of carbonyl (C=O) groups is 1. The van der Waals surface area contributed by atoms with Gasteiger partial charge in [0.1, 0.15) is 0 Å². The van der Waals surface area contributed by atoms with E-state index in [-0.39, 0.29) is 11.7 Å². The molecule has 1 aliphatic rings. The van der Waals surface area contributed by atoms with Gasteiger partial charge in [-0.1, -0.05) is 38.1 Å². The summed E-state index contributed by atoms with van der Waals surface area (Å²) in [6.07, 6.45) is 2.83. The first kappa shape index (κ1) is 17.8. The van der Waals surface area contributed by atoms with Crippen LogP contribution in [0.2, 0.25) is 0 Å². The summed E-state index contributed by atoms with van der Waals surface area (Å²) < 4.78 is 5.44. The number of carbonyl (C=O) groups excluding carboxylic acids is 1. The Kier molecular flexibility index (Phi) is 5.63. The molecular weight excluding hydrogens is 314 g/mol. The number of hydrogen-bond acceptors (Lipinski definition) is 5. The number of rotatable bonds is 6. The molecule has 0 spiro atoms.